The standard InChI is InChI=1S/C19H29N3O2/c1-4-22(15-9-6-5-7-10-15)18(23)13-21-17-12-8-11-16(14(17)2)19(24)20-3/h8,11-12,15,21H,4-7,9-10,13H2,1-3H3,(H,20,24). The zero-order valence-corrected chi connectivity index (χ0v) is 15.0. The summed E-state index contributed by atoms with van der Waals surface area (Å²) in [4.78, 5) is 26.5. The molecule has 1 aromatic carbocycles. The Morgan fingerprint density at radius 2 is 1.92 bits per heavy atom. The smallest absolute Gasteiger partial charge is 0.251 e. The highest BCUT2D eigenvalue weighted by molar-refractivity contribution is 5.97. The van der Waals surface area contributed by atoms with Crippen molar-refractivity contribution in [2.75, 3.05) is 25.5 Å². The van der Waals surface area contributed by atoms with E-state index in [1.807, 2.05) is 30.9 Å². The van der Waals surface area contributed by atoms with Gasteiger partial charge in [-0.25, -0.2) is 0 Å². The fourth-order valence-electron chi connectivity index (χ4n) is 3.51. The monoisotopic (exact) mass is 331 g/mol. The van der Waals surface area contributed by atoms with Crippen molar-refractivity contribution in [3.63, 3.8) is 0 Å². The number of anilines is 1. The molecule has 0 saturated heterocycles. The van der Waals surface area contributed by atoms with Crippen molar-refractivity contribution >= 4 is 17.5 Å². The Kier molecular flexibility index (Phi) is 6.64. The van der Waals surface area contributed by atoms with Crippen molar-refractivity contribution < 1.29 is 9.59 Å². The molecule has 132 valence electrons. The summed E-state index contributed by atoms with van der Waals surface area (Å²) < 4.78 is 0. The molecule has 1 fully saturated rings. The first-order chi connectivity index (χ1) is 11.6. The van der Waals surface area contributed by atoms with Gasteiger partial charge in [0.25, 0.3) is 5.91 Å². The van der Waals surface area contributed by atoms with Gasteiger partial charge in [-0.2, -0.15) is 0 Å². The molecule has 0 radical (unpaired) electrons. The van der Waals surface area contributed by atoms with Crippen LogP contribution in [-0.2, 0) is 4.79 Å². The molecule has 1 aliphatic carbocycles. The summed E-state index contributed by atoms with van der Waals surface area (Å²) in [5, 5.41) is 5.86. The molecule has 5 nitrogen and oxygen atoms in total. The molecule has 1 aliphatic rings. The lowest BCUT2D eigenvalue weighted by atomic mass is 9.94. The lowest BCUT2D eigenvalue weighted by Crippen LogP contribution is -2.44. The minimum absolute atomic E-state index is 0.111. The lowest BCUT2D eigenvalue weighted by molar-refractivity contribution is -0.132. The first-order valence-electron chi connectivity index (χ1n) is 8.93. The number of benzene rings is 1. The first kappa shape index (κ1) is 18.3. The van der Waals surface area contributed by atoms with Gasteiger partial charge in [-0.3, -0.25) is 9.59 Å². The quantitative estimate of drug-likeness (QED) is 0.842. The van der Waals surface area contributed by atoms with Crippen molar-refractivity contribution in [1.29, 1.82) is 0 Å². The molecule has 2 amide bonds. The SMILES string of the molecule is CCN(C(=O)CNc1cccc(C(=O)NC)c1C)C1CCCCC1. The normalized spacial score (nSPS) is 15.0. The Bertz CT molecular complexity index is 580. The van der Waals surface area contributed by atoms with Crippen LogP contribution < -0.4 is 10.6 Å². The Morgan fingerprint density at radius 1 is 1.21 bits per heavy atom. The summed E-state index contributed by atoms with van der Waals surface area (Å²) in [6.07, 6.45) is 5.95. The zero-order valence-electron chi connectivity index (χ0n) is 15.0. The van der Waals surface area contributed by atoms with Crippen molar-refractivity contribution in [3.8, 4) is 0 Å². The number of nitrogens with zero attached hydrogens (tertiary/aromatic N) is 1. The first-order valence-corrected chi connectivity index (χ1v) is 8.93. The minimum atomic E-state index is -0.111. The highest BCUT2D eigenvalue weighted by atomic mass is 16.2. The van der Waals surface area contributed by atoms with Crippen LogP contribution in [-0.4, -0.2) is 42.9 Å². The van der Waals surface area contributed by atoms with Crippen molar-refractivity contribution in [2.24, 2.45) is 0 Å². The Hall–Kier alpha value is -2.04. The largest absolute Gasteiger partial charge is 0.376 e. The fraction of sp³-hybridized carbons (Fsp3) is 0.579. The van der Waals surface area contributed by atoms with E-state index in [4.69, 9.17) is 0 Å². The van der Waals surface area contributed by atoms with Crippen LogP contribution >= 0.6 is 0 Å². The van der Waals surface area contributed by atoms with Crippen LogP contribution in [0.3, 0.4) is 0 Å². The molecule has 2 N–H and O–H groups in total. The van der Waals surface area contributed by atoms with E-state index >= 15 is 0 Å². The van der Waals surface area contributed by atoms with E-state index in [0.29, 0.717) is 11.6 Å². The summed E-state index contributed by atoms with van der Waals surface area (Å²) in [6.45, 7) is 4.96. The molecule has 1 saturated carbocycles. The molecule has 0 atom stereocenters. The number of amides is 2. The van der Waals surface area contributed by atoms with E-state index in [-0.39, 0.29) is 18.4 Å². The van der Waals surface area contributed by atoms with Gasteiger partial charge in [0, 0.05) is 30.9 Å². The van der Waals surface area contributed by atoms with Crippen LogP contribution in [0.5, 0.6) is 0 Å². The molecule has 1 aromatic rings. The van der Waals surface area contributed by atoms with Crippen LogP contribution in [0.2, 0.25) is 0 Å². The lowest BCUT2D eigenvalue weighted by Gasteiger charge is -2.33. The molecule has 0 aromatic heterocycles. The summed E-state index contributed by atoms with van der Waals surface area (Å²) in [7, 11) is 1.62. The topological polar surface area (TPSA) is 61.4 Å². The second-order valence-corrected chi connectivity index (χ2v) is 6.38. The second kappa shape index (κ2) is 8.71. The minimum Gasteiger partial charge on any atom is -0.376 e. The maximum Gasteiger partial charge on any atom is 0.251 e. The predicted octanol–water partition coefficient (Wildman–Crippen LogP) is 2.95. The molecule has 5 heteroatoms. The fourth-order valence-corrected chi connectivity index (χ4v) is 3.51. The molecule has 0 bridgehead atoms. The highest BCUT2D eigenvalue weighted by Crippen LogP contribution is 2.23. The van der Waals surface area contributed by atoms with E-state index in [1.165, 1.54) is 19.3 Å². The van der Waals surface area contributed by atoms with E-state index in [2.05, 4.69) is 10.6 Å². The summed E-state index contributed by atoms with van der Waals surface area (Å²) in [5.74, 6) is 0.0222. The molecule has 0 spiro atoms. The molecular formula is C19H29N3O2. The Labute approximate surface area is 144 Å². The van der Waals surface area contributed by atoms with E-state index in [9.17, 15) is 9.59 Å². The van der Waals surface area contributed by atoms with Crippen molar-refractivity contribution in [1.82, 2.24) is 10.2 Å². The van der Waals surface area contributed by atoms with E-state index in [0.717, 1.165) is 30.6 Å². The second-order valence-electron chi connectivity index (χ2n) is 6.38. The summed E-state index contributed by atoms with van der Waals surface area (Å²) >= 11 is 0. The number of rotatable bonds is 6. The number of likely N-dealkylation sites (N-methyl/N-ethyl adjacent to an activating group) is 1. The third kappa shape index (κ3) is 4.28. The molecule has 2 rings (SSSR count). The molecule has 0 unspecified atom stereocenters. The van der Waals surface area contributed by atoms with Gasteiger partial charge in [-0.05, 0) is 44.4 Å². The zero-order chi connectivity index (χ0) is 17.5. The van der Waals surface area contributed by atoms with E-state index < -0.39 is 0 Å². The van der Waals surface area contributed by atoms with Gasteiger partial charge < -0.3 is 15.5 Å². The summed E-state index contributed by atoms with van der Waals surface area (Å²) in [5.41, 5.74) is 2.34. The van der Waals surface area contributed by atoms with Crippen molar-refractivity contribution in [3.05, 3.63) is 29.3 Å². The van der Waals surface area contributed by atoms with Crippen LogP contribution in [0.25, 0.3) is 0 Å². The van der Waals surface area contributed by atoms with Crippen LogP contribution in [0.1, 0.15) is 54.9 Å². The van der Waals surface area contributed by atoms with Crippen LogP contribution in [0.4, 0.5) is 5.69 Å². The average molecular weight is 331 g/mol. The number of hydrogen-bond donors (Lipinski definition) is 2. The third-order valence-corrected chi connectivity index (χ3v) is 4.91. The number of hydrogen-bond acceptors (Lipinski definition) is 3. The molecule has 0 aliphatic heterocycles. The van der Waals surface area contributed by atoms with Gasteiger partial charge in [0.15, 0.2) is 0 Å². The van der Waals surface area contributed by atoms with Crippen LogP contribution in [0.15, 0.2) is 18.2 Å². The molecule has 24 heavy (non-hydrogen) atoms. The Morgan fingerprint density at radius 3 is 2.54 bits per heavy atom. The summed E-state index contributed by atoms with van der Waals surface area (Å²) in [6, 6.07) is 5.92. The molecular weight excluding hydrogens is 302 g/mol. The van der Waals surface area contributed by atoms with Gasteiger partial charge in [-0.1, -0.05) is 25.3 Å². The van der Waals surface area contributed by atoms with Gasteiger partial charge in [0.2, 0.25) is 5.91 Å². The average Bonchev–Trinajstić information content (AvgIpc) is 2.61. The number of carbonyl (C=O) groups excluding carboxylic acids is 2. The number of carbonyl (C=O) groups is 2. The van der Waals surface area contributed by atoms with Gasteiger partial charge in [0.1, 0.15) is 0 Å². The van der Waals surface area contributed by atoms with Gasteiger partial charge in [-0.15, -0.1) is 0 Å². The van der Waals surface area contributed by atoms with Crippen LogP contribution in [0, 0.1) is 6.92 Å². The van der Waals surface area contributed by atoms with Crippen molar-refractivity contribution in [2.45, 2.75) is 52.0 Å². The number of nitrogens with one attached hydrogen (secondary N) is 2. The molecule has 0 heterocycles. The van der Waals surface area contributed by atoms with Gasteiger partial charge in [0.05, 0.1) is 6.54 Å². The third-order valence-electron chi connectivity index (χ3n) is 4.91. The van der Waals surface area contributed by atoms with E-state index in [1.54, 1.807) is 13.1 Å². The maximum absolute atomic E-state index is 12.6. The highest BCUT2D eigenvalue weighted by Gasteiger charge is 2.23. The Balaban J connectivity index is 2.01. The predicted molar refractivity (Wildman–Crippen MR) is 97.3 cm³/mol. The van der Waals surface area contributed by atoms with Gasteiger partial charge >= 0.3 is 0 Å². The maximum atomic E-state index is 12.6.